The van der Waals surface area contributed by atoms with Crippen LogP contribution in [-0.4, -0.2) is 22.3 Å². The Hall–Kier alpha value is -1.94. The van der Waals surface area contributed by atoms with Crippen molar-refractivity contribution in [1.82, 2.24) is 0 Å². The minimum atomic E-state index is -0.664. The molecule has 0 heterocycles. The zero-order valence-corrected chi connectivity index (χ0v) is 25.9. The summed E-state index contributed by atoms with van der Waals surface area (Å²) in [6.45, 7) is 16.8. The van der Waals surface area contributed by atoms with Gasteiger partial charge < -0.3 is 10.2 Å². The molecule has 4 heteroatoms. The summed E-state index contributed by atoms with van der Waals surface area (Å²) in [5, 5.41) is 21.8. The van der Waals surface area contributed by atoms with Gasteiger partial charge in [0.2, 0.25) is 0 Å². The molecule has 6 rings (SSSR count). The molecule has 0 aromatic heterocycles. The SMILES string of the molecule is C=C(/C=C/c1ccc(F)cc1)[C@@H]1CC[C@]2(C(=O)O)CC[C@]3(C)[C@H](CC[C@@H]4[C@@]5(C)CC[C@H](O)C(C)(C)[C@@H]5CC[C@]43C)[C@@H]12. The third kappa shape index (κ3) is 3.94. The number of carboxylic acid groups (broad SMARTS) is 1. The molecule has 1 aromatic rings. The van der Waals surface area contributed by atoms with E-state index < -0.39 is 11.4 Å². The fraction of sp³-hybridized carbons (Fsp3) is 0.703. The molecule has 224 valence electrons. The van der Waals surface area contributed by atoms with Crippen LogP contribution in [0.25, 0.3) is 6.08 Å². The van der Waals surface area contributed by atoms with Gasteiger partial charge >= 0.3 is 5.97 Å². The Morgan fingerprint density at radius 3 is 2.27 bits per heavy atom. The molecule has 0 saturated heterocycles. The molecule has 0 spiro atoms. The molecular weight excluding hydrogens is 511 g/mol. The van der Waals surface area contributed by atoms with Crippen molar-refractivity contribution in [3.63, 3.8) is 0 Å². The van der Waals surface area contributed by atoms with Crippen molar-refractivity contribution < 1.29 is 19.4 Å². The van der Waals surface area contributed by atoms with E-state index in [1.54, 1.807) is 12.1 Å². The second-order valence-electron chi connectivity index (χ2n) is 16.1. The number of hydrogen-bond donors (Lipinski definition) is 2. The van der Waals surface area contributed by atoms with Crippen LogP contribution >= 0.6 is 0 Å². The van der Waals surface area contributed by atoms with E-state index in [-0.39, 0.29) is 45.4 Å². The quantitative estimate of drug-likeness (QED) is 0.360. The zero-order chi connectivity index (χ0) is 29.6. The Bertz CT molecular complexity index is 1250. The Labute approximate surface area is 246 Å². The molecule has 5 fully saturated rings. The third-order valence-electron chi connectivity index (χ3n) is 14.7. The highest BCUT2D eigenvalue weighted by molar-refractivity contribution is 5.76. The number of aliphatic carboxylic acids is 1. The molecule has 0 unspecified atom stereocenters. The fourth-order valence-corrected chi connectivity index (χ4v) is 12.3. The maximum Gasteiger partial charge on any atom is 0.309 e. The van der Waals surface area contributed by atoms with Crippen molar-refractivity contribution >= 4 is 12.0 Å². The Balaban J connectivity index is 1.35. The lowest BCUT2D eigenvalue weighted by atomic mass is 9.32. The number of rotatable bonds is 4. The average molecular weight is 563 g/mol. The first-order valence-electron chi connectivity index (χ1n) is 16.2. The van der Waals surface area contributed by atoms with E-state index in [0.29, 0.717) is 17.8 Å². The van der Waals surface area contributed by atoms with Crippen molar-refractivity contribution in [1.29, 1.82) is 0 Å². The van der Waals surface area contributed by atoms with E-state index in [1.165, 1.54) is 18.6 Å². The predicted octanol–water partition coefficient (Wildman–Crippen LogP) is 8.92. The summed E-state index contributed by atoms with van der Waals surface area (Å²) in [5.41, 5.74) is 1.67. The van der Waals surface area contributed by atoms with Gasteiger partial charge in [-0.3, -0.25) is 4.79 Å². The summed E-state index contributed by atoms with van der Waals surface area (Å²) in [6.07, 6.45) is 13.8. The van der Waals surface area contributed by atoms with Crippen molar-refractivity contribution in [2.24, 2.45) is 56.7 Å². The lowest BCUT2D eigenvalue weighted by molar-refractivity contribution is -0.248. The molecule has 5 saturated carbocycles. The van der Waals surface area contributed by atoms with Crippen LogP contribution in [0.4, 0.5) is 4.39 Å². The van der Waals surface area contributed by atoms with Crippen LogP contribution in [0.2, 0.25) is 0 Å². The number of benzene rings is 1. The number of aliphatic hydroxyl groups excluding tert-OH is 1. The van der Waals surface area contributed by atoms with E-state index in [1.807, 2.05) is 6.08 Å². The lowest BCUT2D eigenvalue weighted by Crippen LogP contribution is -2.67. The summed E-state index contributed by atoms with van der Waals surface area (Å²) in [4.78, 5) is 13.1. The maximum atomic E-state index is 13.4. The number of fused-ring (bicyclic) bond motifs is 7. The van der Waals surface area contributed by atoms with Crippen LogP contribution < -0.4 is 0 Å². The van der Waals surface area contributed by atoms with E-state index in [9.17, 15) is 19.4 Å². The van der Waals surface area contributed by atoms with Crippen molar-refractivity contribution in [2.75, 3.05) is 0 Å². The van der Waals surface area contributed by atoms with Gasteiger partial charge in [-0.1, -0.05) is 71.1 Å². The number of hydrogen-bond acceptors (Lipinski definition) is 2. The first-order chi connectivity index (χ1) is 19.2. The average Bonchev–Trinajstić information content (AvgIpc) is 3.32. The molecule has 0 bridgehead atoms. The summed E-state index contributed by atoms with van der Waals surface area (Å²) in [6, 6.07) is 6.50. The number of carbonyl (C=O) groups is 1. The number of halogens is 1. The smallest absolute Gasteiger partial charge is 0.309 e. The molecule has 0 radical (unpaired) electrons. The summed E-state index contributed by atoms with van der Waals surface area (Å²) >= 11 is 0. The second-order valence-corrected chi connectivity index (χ2v) is 16.1. The van der Waals surface area contributed by atoms with E-state index in [2.05, 4.69) is 47.3 Å². The van der Waals surface area contributed by atoms with Gasteiger partial charge in [-0.25, -0.2) is 4.39 Å². The zero-order valence-electron chi connectivity index (χ0n) is 25.9. The minimum absolute atomic E-state index is 0.0672. The summed E-state index contributed by atoms with van der Waals surface area (Å²) in [5.74, 6) is 0.882. The second kappa shape index (κ2) is 9.53. The lowest BCUT2D eigenvalue weighted by Gasteiger charge is -2.72. The van der Waals surface area contributed by atoms with Gasteiger partial charge in [0.1, 0.15) is 5.82 Å². The van der Waals surface area contributed by atoms with E-state index in [4.69, 9.17) is 0 Å². The maximum absolute atomic E-state index is 13.4. The topological polar surface area (TPSA) is 57.5 Å². The van der Waals surface area contributed by atoms with Gasteiger partial charge in [0.15, 0.2) is 0 Å². The fourth-order valence-electron chi connectivity index (χ4n) is 12.3. The number of aliphatic hydroxyl groups is 1. The van der Waals surface area contributed by atoms with Crippen LogP contribution in [0.3, 0.4) is 0 Å². The molecule has 10 atom stereocenters. The number of carboxylic acids is 1. The summed E-state index contributed by atoms with van der Waals surface area (Å²) < 4.78 is 13.4. The molecule has 5 aliphatic rings. The summed E-state index contributed by atoms with van der Waals surface area (Å²) in [7, 11) is 0. The molecule has 1 aromatic carbocycles. The molecule has 41 heavy (non-hydrogen) atoms. The van der Waals surface area contributed by atoms with Gasteiger partial charge in [0.25, 0.3) is 0 Å². The first-order valence-corrected chi connectivity index (χ1v) is 16.2. The van der Waals surface area contributed by atoms with Crippen molar-refractivity contribution in [3.05, 3.63) is 53.9 Å². The monoisotopic (exact) mass is 562 g/mol. The highest BCUT2D eigenvalue weighted by Gasteiger charge is 2.72. The van der Waals surface area contributed by atoms with Crippen molar-refractivity contribution in [2.45, 2.75) is 105 Å². The van der Waals surface area contributed by atoms with Crippen LogP contribution in [-0.2, 0) is 4.79 Å². The Morgan fingerprint density at radius 2 is 1.59 bits per heavy atom. The normalized spacial score (nSPS) is 46.7. The van der Waals surface area contributed by atoms with Gasteiger partial charge in [0, 0.05) is 0 Å². The molecule has 0 aliphatic heterocycles. The molecule has 5 aliphatic carbocycles. The predicted molar refractivity (Wildman–Crippen MR) is 162 cm³/mol. The standard InChI is InChI=1S/C37H51FO3/c1-23(7-8-24-9-11-25(38)12-10-24)26-15-20-37(32(40)41)22-21-35(5)27(31(26)37)13-14-29-34(4)18-17-30(39)33(2,3)28(34)16-19-36(29,35)6/h7-12,26-31,39H,1,13-22H2,2-6H3,(H,40,41)/b8-7+/t26-,27+,28-,29+,30-,31+,34-,35+,36+,37-/m0/s1. The van der Waals surface area contributed by atoms with E-state index >= 15 is 0 Å². The molecular formula is C37H51FO3. The van der Waals surface area contributed by atoms with Crippen LogP contribution in [0.15, 0.2) is 42.5 Å². The largest absolute Gasteiger partial charge is 0.481 e. The first kappa shape index (κ1) is 29.1. The van der Waals surface area contributed by atoms with Crippen LogP contribution in [0.1, 0.15) is 104 Å². The van der Waals surface area contributed by atoms with Crippen LogP contribution in [0, 0.1) is 62.5 Å². The number of allylic oxidation sites excluding steroid dienone is 2. The Kier molecular flexibility index (Phi) is 6.77. The molecule has 2 N–H and O–H groups in total. The van der Waals surface area contributed by atoms with E-state index in [0.717, 1.165) is 68.9 Å². The van der Waals surface area contributed by atoms with Gasteiger partial charge in [-0.05, 0) is 133 Å². The third-order valence-corrected chi connectivity index (χ3v) is 14.7. The molecule has 3 nitrogen and oxygen atoms in total. The van der Waals surface area contributed by atoms with Gasteiger partial charge in [0.05, 0.1) is 11.5 Å². The van der Waals surface area contributed by atoms with Gasteiger partial charge in [-0.15, -0.1) is 0 Å². The Morgan fingerprint density at radius 1 is 0.878 bits per heavy atom. The van der Waals surface area contributed by atoms with Gasteiger partial charge in [-0.2, -0.15) is 0 Å². The minimum Gasteiger partial charge on any atom is -0.481 e. The van der Waals surface area contributed by atoms with Crippen molar-refractivity contribution in [3.8, 4) is 0 Å². The molecule has 0 amide bonds. The highest BCUT2D eigenvalue weighted by atomic mass is 19.1. The highest BCUT2D eigenvalue weighted by Crippen LogP contribution is 2.77. The van der Waals surface area contributed by atoms with Crippen LogP contribution in [0.5, 0.6) is 0 Å².